The number of anilines is 1. The number of fused-ring (bicyclic) bond motifs is 1. The molecule has 3 rings (SSSR count). The van der Waals surface area contributed by atoms with Gasteiger partial charge < -0.3 is 19.4 Å². The Hall–Kier alpha value is -2.87. The predicted molar refractivity (Wildman–Crippen MR) is 109 cm³/mol. The van der Waals surface area contributed by atoms with Gasteiger partial charge in [0.05, 0.1) is 12.6 Å². The van der Waals surface area contributed by atoms with Crippen molar-refractivity contribution in [3.63, 3.8) is 0 Å². The van der Waals surface area contributed by atoms with E-state index in [0.717, 1.165) is 5.56 Å². The van der Waals surface area contributed by atoms with Gasteiger partial charge in [-0.05, 0) is 44.5 Å². The molecule has 2 heterocycles. The van der Waals surface area contributed by atoms with Crippen molar-refractivity contribution in [2.75, 3.05) is 25.2 Å². The molecule has 2 aromatic rings. The lowest BCUT2D eigenvalue weighted by Crippen LogP contribution is -2.53. The first-order valence-electron chi connectivity index (χ1n) is 9.75. The summed E-state index contributed by atoms with van der Waals surface area (Å²) in [5.74, 6) is -0.278. The lowest BCUT2D eigenvalue weighted by Gasteiger charge is -2.36. The molecule has 8 heteroatoms. The van der Waals surface area contributed by atoms with Gasteiger partial charge in [-0.15, -0.1) is 4.73 Å². The Morgan fingerprint density at radius 1 is 1.33 bits per heavy atom. The third-order valence-electron chi connectivity index (χ3n) is 4.78. The maximum Gasteiger partial charge on any atom is 0.415 e. The molecule has 7 nitrogen and oxygen atoms in total. The lowest BCUT2D eigenvalue weighted by atomic mass is 10.0. The average molecular weight is 418 g/mol. The van der Waals surface area contributed by atoms with Crippen molar-refractivity contribution < 1.29 is 28.1 Å². The summed E-state index contributed by atoms with van der Waals surface area (Å²) >= 11 is 0. The number of amides is 1. The van der Waals surface area contributed by atoms with E-state index in [-0.39, 0.29) is 24.9 Å². The first kappa shape index (κ1) is 21.8. The number of halogens is 1. The van der Waals surface area contributed by atoms with Crippen molar-refractivity contribution in [2.45, 2.75) is 45.8 Å². The van der Waals surface area contributed by atoms with Crippen LogP contribution in [0.3, 0.4) is 0 Å². The van der Waals surface area contributed by atoms with Gasteiger partial charge in [0, 0.05) is 26.0 Å². The number of carbonyl (C=O) groups is 1. The SMILES string of the molecule is COCC1COc2c(cc(Cc3ccc(F)cc3)c(C)[n+]2[O-])N1C(=O)OC(C)(C)C. The van der Waals surface area contributed by atoms with Gasteiger partial charge in [0.2, 0.25) is 0 Å². The minimum absolute atomic E-state index is 0.0496. The summed E-state index contributed by atoms with van der Waals surface area (Å²) in [5.41, 5.74) is 1.61. The molecule has 0 saturated carbocycles. The van der Waals surface area contributed by atoms with Gasteiger partial charge in [-0.1, -0.05) is 12.1 Å². The Labute approximate surface area is 175 Å². The van der Waals surface area contributed by atoms with Gasteiger partial charge in [-0.25, -0.2) is 9.18 Å². The van der Waals surface area contributed by atoms with E-state index < -0.39 is 17.7 Å². The van der Waals surface area contributed by atoms with Crippen LogP contribution < -0.4 is 14.4 Å². The van der Waals surface area contributed by atoms with E-state index in [0.29, 0.717) is 28.1 Å². The van der Waals surface area contributed by atoms with Crippen LogP contribution in [-0.2, 0) is 15.9 Å². The molecule has 1 aromatic carbocycles. The topological polar surface area (TPSA) is 74.9 Å². The second-order valence-electron chi connectivity index (χ2n) is 8.31. The van der Waals surface area contributed by atoms with E-state index in [9.17, 15) is 14.4 Å². The van der Waals surface area contributed by atoms with Crippen molar-refractivity contribution in [1.82, 2.24) is 0 Å². The molecule has 1 aromatic heterocycles. The minimum atomic E-state index is -0.706. The summed E-state index contributed by atoms with van der Waals surface area (Å²) < 4.78 is 30.5. The van der Waals surface area contributed by atoms with E-state index in [4.69, 9.17) is 14.2 Å². The zero-order valence-electron chi connectivity index (χ0n) is 17.9. The lowest BCUT2D eigenvalue weighted by molar-refractivity contribution is -0.619. The highest BCUT2D eigenvalue weighted by Gasteiger charge is 2.40. The van der Waals surface area contributed by atoms with Crippen molar-refractivity contribution in [1.29, 1.82) is 0 Å². The average Bonchev–Trinajstić information content (AvgIpc) is 2.66. The largest absolute Gasteiger partial charge is 0.616 e. The number of hydrogen-bond acceptors (Lipinski definition) is 5. The number of hydrogen-bond donors (Lipinski definition) is 0. The highest BCUT2D eigenvalue weighted by molar-refractivity contribution is 5.90. The molecular formula is C22H27FN2O5. The van der Waals surface area contributed by atoms with Crippen LogP contribution >= 0.6 is 0 Å². The number of rotatable bonds is 4. The van der Waals surface area contributed by atoms with Crippen LogP contribution in [0.25, 0.3) is 0 Å². The van der Waals surface area contributed by atoms with Crippen LogP contribution in [0.2, 0.25) is 0 Å². The van der Waals surface area contributed by atoms with Crippen molar-refractivity contribution in [2.24, 2.45) is 0 Å². The molecule has 1 aliphatic rings. The quantitative estimate of drug-likeness (QED) is 0.561. The number of methoxy groups -OCH3 is 1. The Morgan fingerprint density at radius 2 is 2.00 bits per heavy atom. The predicted octanol–water partition coefficient (Wildman–Crippen LogP) is 3.51. The first-order valence-corrected chi connectivity index (χ1v) is 9.75. The molecule has 0 fully saturated rings. The fraction of sp³-hybridized carbons (Fsp3) is 0.455. The van der Waals surface area contributed by atoms with Gasteiger partial charge in [0.25, 0.3) is 0 Å². The van der Waals surface area contributed by atoms with E-state index in [1.807, 2.05) is 0 Å². The first-order chi connectivity index (χ1) is 14.1. The van der Waals surface area contributed by atoms with E-state index in [1.54, 1.807) is 45.9 Å². The summed E-state index contributed by atoms with van der Waals surface area (Å²) in [6.07, 6.45) is -0.177. The molecule has 162 valence electrons. The molecule has 1 unspecified atom stereocenters. The number of nitrogens with zero attached hydrogens (tertiary/aromatic N) is 2. The summed E-state index contributed by atoms with van der Waals surface area (Å²) in [7, 11) is 1.53. The molecule has 1 aliphatic heterocycles. The van der Waals surface area contributed by atoms with Crippen LogP contribution in [0.15, 0.2) is 30.3 Å². The fourth-order valence-electron chi connectivity index (χ4n) is 3.34. The molecule has 1 amide bonds. The molecule has 0 saturated heterocycles. The summed E-state index contributed by atoms with van der Waals surface area (Å²) in [4.78, 5) is 14.4. The van der Waals surface area contributed by atoms with Gasteiger partial charge in [0.15, 0.2) is 11.4 Å². The van der Waals surface area contributed by atoms with Crippen LogP contribution in [0.4, 0.5) is 14.9 Å². The fourth-order valence-corrected chi connectivity index (χ4v) is 3.34. The van der Waals surface area contributed by atoms with Gasteiger partial charge >= 0.3 is 12.0 Å². The number of ether oxygens (including phenoxy) is 3. The Morgan fingerprint density at radius 3 is 2.60 bits per heavy atom. The summed E-state index contributed by atoms with van der Waals surface area (Å²) in [6.45, 7) is 7.35. The second kappa shape index (κ2) is 8.47. The van der Waals surface area contributed by atoms with Crippen LogP contribution in [0.5, 0.6) is 5.88 Å². The third kappa shape index (κ3) is 4.64. The van der Waals surface area contributed by atoms with E-state index >= 15 is 0 Å². The number of benzene rings is 1. The van der Waals surface area contributed by atoms with Crippen LogP contribution in [0.1, 0.15) is 37.6 Å². The minimum Gasteiger partial charge on any atom is -0.616 e. The van der Waals surface area contributed by atoms with Gasteiger partial charge in [-0.2, -0.15) is 0 Å². The van der Waals surface area contributed by atoms with E-state index in [1.165, 1.54) is 24.1 Å². The van der Waals surface area contributed by atoms with Crippen molar-refractivity contribution in [3.05, 3.63) is 58.2 Å². The Kier molecular flexibility index (Phi) is 6.17. The smallest absolute Gasteiger partial charge is 0.415 e. The zero-order valence-corrected chi connectivity index (χ0v) is 17.9. The monoisotopic (exact) mass is 418 g/mol. The maximum absolute atomic E-state index is 13.2. The Balaban J connectivity index is 2.05. The molecular weight excluding hydrogens is 391 g/mol. The molecule has 0 bridgehead atoms. The van der Waals surface area contributed by atoms with Crippen molar-refractivity contribution >= 4 is 11.8 Å². The number of aromatic nitrogens is 1. The number of carbonyl (C=O) groups excluding carboxylic acids is 1. The second-order valence-corrected chi connectivity index (χ2v) is 8.31. The van der Waals surface area contributed by atoms with Gasteiger partial charge in [0.1, 0.15) is 18.0 Å². The Bertz CT molecular complexity index is 925. The standard InChI is InChI=1S/C22H27FN2O5/c1-14-16(10-15-6-8-17(23)9-7-15)11-19-20(25(14)27)29-13-18(12-28-5)24(19)21(26)30-22(2,3)4/h6-9,11,18H,10,12-13H2,1-5H3. The molecule has 0 spiro atoms. The summed E-state index contributed by atoms with van der Waals surface area (Å²) in [5, 5.41) is 12.9. The molecule has 0 N–H and O–H groups in total. The molecule has 0 aliphatic carbocycles. The van der Waals surface area contributed by atoms with E-state index in [2.05, 4.69) is 0 Å². The van der Waals surface area contributed by atoms with Crippen LogP contribution in [0, 0.1) is 17.9 Å². The van der Waals surface area contributed by atoms with Gasteiger partial charge in [-0.3, -0.25) is 4.90 Å². The summed E-state index contributed by atoms with van der Waals surface area (Å²) in [6, 6.07) is 7.39. The normalized spacial score (nSPS) is 16.1. The maximum atomic E-state index is 13.2. The van der Waals surface area contributed by atoms with Crippen molar-refractivity contribution in [3.8, 4) is 5.88 Å². The highest BCUT2D eigenvalue weighted by atomic mass is 19.1. The highest BCUT2D eigenvalue weighted by Crippen LogP contribution is 2.34. The van der Waals surface area contributed by atoms with Crippen LogP contribution in [-0.4, -0.2) is 38.1 Å². The molecule has 1 atom stereocenters. The molecule has 0 radical (unpaired) electrons. The number of pyridine rings is 1. The zero-order chi connectivity index (χ0) is 22.1. The molecule has 30 heavy (non-hydrogen) atoms. The third-order valence-corrected chi connectivity index (χ3v) is 4.78.